The van der Waals surface area contributed by atoms with Gasteiger partial charge in [0.05, 0.1) is 12.1 Å². The maximum absolute atomic E-state index is 13.4. The zero-order valence-electron chi connectivity index (χ0n) is 18.9. The predicted molar refractivity (Wildman–Crippen MR) is 134 cm³/mol. The lowest BCUT2D eigenvalue weighted by atomic mass is 9.81. The van der Waals surface area contributed by atoms with Crippen molar-refractivity contribution in [3.8, 4) is 0 Å². The molecule has 1 amide bonds. The van der Waals surface area contributed by atoms with Gasteiger partial charge in [-0.15, -0.1) is 11.3 Å². The minimum atomic E-state index is -0.287. The van der Waals surface area contributed by atoms with Gasteiger partial charge in [-0.3, -0.25) is 18.7 Å². The third kappa shape index (κ3) is 5.41. The molecule has 1 aliphatic rings. The van der Waals surface area contributed by atoms with Gasteiger partial charge < -0.3 is 5.32 Å². The second-order valence-corrected chi connectivity index (χ2v) is 10.3. The number of hydrogen-bond acceptors (Lipinski definition) is 4. The van der Waals surface area contributed by atoms with Crippen LogP contribution in [0.3, 0.4) is 0 Å². The van der Waals surface area contributed by atoms with Crippen LogP contribution in [0.2, 0.25) is 5.02 Å². The second kappa shape index (κ2) is 10.7. The standard InChI is InChI=1S/C25H30ClN3O3S/c1-2-3-12-27-23(30)19-9-7-17(8-10-19)15-29-24(31)22-21(11-13-33-22)28(25(29)32)16-18-5-4-6-20(26)14-18/h4-6,11,13-14,17,19H,2-3,7-10,12,15-16H2,1H3,(H,27,30). The number of nitrogens with one attached hydrogen (secondary N) is 1. The van der Waals surface area contributed by atoms with E-state index in [9.17, 15) is 14.4 Å². The molecule has 1 aromatic carbocycles. The van der Waals surface area contributed by atoms with Gasteiger partial charge in [-0.2, -0.15) is 0 Å². The minimum Gasteiger partial charge on any atom is -0.356 e. The maximum atomic E-state index is 13.4. The third-order valence-corrected chi connectivity index (χ3v) is 7.68. The van der Waals surface area contributed by atoms with Crippen LogP contribution < -0.4 is 16.6 Å². The normalized spacial score (nSPS) is 18.5. The van der Waals surface area contributed by atoms with Gasteiger partial charge in [-0.05, 0) is 67.2 Å². The number of carbonyl (C=O) groups excluding carboxylic acids is 1. The lowest BCUT2D eigenvalue weighted by Gasteiger charge is -2.28. The van der Waals surface area contributed by atoms with Crippen LogP contribution in [0.5, 0.6) is 0 Å². The van der Waals surface area contributed by atoms with E-state index in [0.717, 1.165) is 50.6 Å². The molecule has 0 spiro atoms. The molecule has 2 aromatic heterocycles. The van der Waals surface area contributed by atoms with Crippen molar-refractivity contribution in [2.45, 2.75) is 58.5 Å². The number of unbranched alkanes of at least 4 members (excludes halogenated alkanes) is 1. The van der Waals surface area contributed by atoms with Gasteiger partial charge in [0.15, 0.2) is 0 Å². The maximum Gasteiger partial charge on any atom is 0.331 e. The summed E-state index contributed by atoms with van der Waals surface area (Å²) < 4.78 is 3.67. The smallest absolute Gasteiger partial charge is 0.331 e. The van der Waals surface area contributed by atoms with Crippen molar-refractivity contribution in [2.24, 2.45) is 11.8 Å². The summed E-state index contributed by atoms with van der Waals surface area (Å²) in [7, 11) is 0. The molecule has 1 N–H and O–H groups in total. The molecule has 0 radical (unpaired) electrons. The van der Waals surface area contributed by atoms with Crippen molar-refractivity contribution in [1.29, 1.82) is 0 Å². The average Bonchev–Trinajstić information content (AvgIpc) is 3.30. The molecule has 0 unspecified atom stereocenters. The Kier molecular flexibility index (Phi) is 7.71. The Bertz CT molecular complexity index is 1240. The first kappa shape index (κ1) is 23.8. The van der Waals surface area contributed by atoms with Crippen molar-refractivity contribution < 1.29 is 4.79 Å². The zero-order chi connectivity index (χ0) is 23.4. The summed E-state index contributed by atoms with van der Waals surface area (Å²) in [5.41, 5.74) is 1.08. The van der Waals surface area contributed by atoms with Crippen molar-refractivity contribution in [3.05, 3.63) is 67.1 Å². The Morgan fingerprint density at radius 1 is 1.15 bits per heavy atom. The molecule has 0 aliphatic heterocycles. The van der Waals surface area contributed by atoms with Gasteiger partial charge in [0.1, 0.15) is 4.70 Å². The first-order valence-electron chi connectivity index (χ1n) is 11.7. The number of nitrogens with zero attached hydrogens (tertiary/aromatic N) is 2. The van der Waals surface area contributed by atoms with Gasteiger partial charge in [-0.25, -0.2) is 4.79 Å². The molecule has 0 bridgehead atoms. The second-order valence-electron chi connectivity index (χ2n) is 8.91. The number of fused-ring (bicyclic) bond motifs is 1. The van der Waals surface area contributed by atoms with Crippen molar-refractivity contribution in [2.75, 3.05) is 6.54 Å². The number of amides is 1. The number of carbonyl (C=O) groups is 1. The summed E-state index contributed by atoms with van der Waals surface area (Å²) in [6.45, 7) is 3.59. The van der Waals surface area contributed by atoms with Gasteiger partial charge >= 0.3 is 5.69 Å². The first-order chi connectivity index (χ1) is 16.0. The summed E-state index contributed by atoms with van der Waals surface area (Å²) in [5.74, 6) is 0.393. The Morgan fingerprint density at radius 3 is 2.67 bits per heavy atom. The summed E-state index contributed by atoms with van der Waals surface area (Å²) in [6, 6.07) is 9.27. The molecule has 1 saturated carbocycles. The SMILES string of the molecule is CCCCNC(=O)C1CCC(Cn2c(=O)c3sccc3n(Cc3cccc(Cl)c3)c2=O)CC1. The van der Waals surface area contributed by atoms with Crippen LogP contribution in [0.4, 0.5) is 0 Å². The molecule has 8 heteroatoms. The van der Waals surface area contributed by atoms with Crippen molar-refractivity contribution >= 4 is 39.1 Å². The molecule has 1 fully saturated rings. The van der Waals surface area contributed by atoms with Gasteiger partial charge in [-0.1, -0.05) is 37.1 Å². The van der Waals surface area contributed by atoms with E-state index < -0.39 is 0 Å². The fraction of sp³-hybridized carbons (Fsp3) is 0.480. The topological polar surface area (TPSA) is 73.1 Å². The van der Waals surface area contributed by atoms with E-state index in [2.05, 4.69) is 12.2 Å². The summed E-state index contributed by atoms with van der Waals surface area (Å²) in [4.78, 5) is 38.9. The van der Waals surface area contributed by atoms with E-state index in [1.54, 1.807) is 10.6 Å². The molecule has 176 valence electrons. The highest BCUT2D eigenvalue weighted by Crippen LogP contribution is 2.30. The summed E-state index contributed by atoms with van der Waals surface area (Å²) in [6.07, 6.45) is 5.34. The number of halogens is 1. The van der Waals surface area contributed by atoms with E-state index in [1.807, 2.05) is 29.6 Å². The Balaban J connectivity index is 1.52. The van der Waals surface area contributed by atoms with E-state index in [-0.39, 0.29) is 29.0 Å². The number of benzene rings is 1. The van der Waals surface area contributed by atoms with E-state index in [0.29, 0.717) is 28.3 Å². The highest BCUT2D eigenvalue weighted by Gasteiger charge is 2.27. The summed E-state index contributed by atoms with van der Waals surface area (Å²) >= 11 is 7.50. The average molecular weight is 488 g/mol. The number of thiophene rings is 1. The minimum absolute atomic E-state index is 0.0362. The van der Waals surface area contributed by atoms with Crippen LogP contribution in [0, 0.1) is 11.8 Å². The van der Waals surface area contributed by atoms with Crippen LogP contribution in [-0.4, -0.2) is 21.6 Å². The zero-order valence-corrected chi connectivity index (χ0v) is 20.5. The van der Waals surface area contributed by atoms with Crippen molar-refractivity contribution in [3.63, 3.8) is 0 Å². The van der Waals surface area contributed by atoms with Crippen LogP contribution in [0.25, 0.3) is 10.2 Å². The van der Waals surface area contributed by atoms with E-state index in [1.165, 1.54) is 15.9 Å². The molecular formula is C25H30ClN3O3S. The van der Waals surface area contributed by atoms with Crippen LogP contribution >= 0.6 is 22.9 Å². The lowest BCUT2D eigenvalue weighted by molar-refractivity contribution is -0.126. The Labute approximate surface area is 202 Å². The molecule has 2 heterocycles. The lowest BCUT2D eigenvalue weighted by Crippen LogP contribution is -2.42. The third-order valence-electron chi connectivity index (χ3n) is 6.55. The molecule has 3 aromatic rings. The largest absolute Gasteiger partial charge is 0.356 e. The van der Waals surface area contributed by atoms with Gasteiger partial charge in [0.25, 0.3) is 5.56 Å². The number of hydrogen-bond donors (Lipinski definition) is 1. The van der Waals surface area contributed by atoms with Crippen LogP contribution in [-0.2, 0) is 17.9 Å². The first-order valence-corrected chi connectivity index (χ1v) is 13.0. The molecule has 6 nitrogen and oxygen atoms in total. The highest BCUT2D eigenvalue weighted by atomic mass is 35.5. The van der Waals surface area contributed by atoms with Crippen molar-refractivity contribution in [1.82, 2.24) is 14.5 Å². The molecule has 4 rings (SSSR count). The highest BCUT2D eigenvalue weighted by molar-refractivity contribution is 7.17. The number of aromatic nitrogens is 2. The fourth-order valence-corrected chi connectivity index (χ4v) is 5.72. The Hall–Kier alpha value is -2.38. The van der Waals surface area contributed by atoms with Crippen LogP contribution in [0.15, 0.2) is 45.3 Å². The quantitative estimate of drug-likeness (QED) is 0.470. The van der Waals surface area contributed by atoms with E-state index >= 15 is 0 Å². The molecular weight excluding hydrogens is 458 g/mol. The van der Waals surface area contributed by atoms with E-state index in [4.69, 9.17) is 11.6 Å². The monoisotopic (exact) mass is 487 g/mol. The molecule has 33 heavy (non-hydrogen) atoms. The molecule has 1 aliphatic carbocycles. The molecule has 0 saturated heterocycles. The predicted octanol–water partition coefficient (Wildman–Crippen LogP) is 4.65. The Morgan fingerprint density at radius 2 is 1.94 bits per heavy atom. The van der Waals surface area contributed by atoms with Gasteiger partial charge in [0.2, 0.25) is 5.91 Å². The molecule has 0 atom stereocenters. The fourth-order valence-electron chi connectivity index (χ4n) is 4.66. The van der Waals surface area contributed by atoms with Crippen LogP contribution in [0.1, 0.15) is 51.0 Å². The van der Waals surface area contributed by atoms with Gasteiger partial charge in [0, 0.05) is 24.0 Å². The summed E-state index contributed by atoms with van der Waals surface area (Å²) in [5, 5.41) is 5.50. The number of rotatable bonds is 8.